The molecule has 17 heavy (non-hydrogen) atoms. The highest BCUT2D eigenvalue weighted by atomic mass is 16.5. The number of likely N-dealkylation sites (N-methyl/N-ethyl adjacent to an activating group) is 1. The van der Waals surface area contributed by atoms with Gasteiger partial charge in [0, 0.05) is 11.1 Å². The number of hydrogen-bond donors (Lipinski definition) is 2. The number of aromatic amines is 1. The van der Waals surface area contributed by atoms with Gasteiger partial charge in [0.15, 0.2) is 0 Å². The third kappa shape index (κ3) is 2.03. The first-order valence-corrected chi connectivity index (χ1v) is 5.98. The molecule has 0 saturated carbocycles. The lowest BCUT2D eigenvalue weighted by atomic mass is 10.0. The molecule has 0 unspecified atom stereocenters. The Hall–Kier alpha value is -1.48. The standard InChI is InChI=1S/C14H20N2O/c1-9-5-6-12(17-4)14-13(9)11(7-8-15-3)10(2)16-14/h5-6,15-16H,7-8H2,1-4H3. The lowest BCUT2D eigenvalue weighted by Crippen LogP contribution is -2.10. The van der Waals surface area contributed by atoms with Gasteiger partial charge in [-0.1, -0.05) is 6.07 Å². The predicted molar refractivity (Wildman–Crippen MR) is 72.0 cm³/mol. The van der Waals surface area contributed by atoms with Crippen molar-refractivity contribution in [1.29, 1.82) is 0 Å². The van der Waals surface area contributed by atoms with Crippen LogP contribution in [0.4, 0.5) is 0 Å². The SMILES string of the molecule is CNCCc1c(C)[nH]c2c(OC)ccc(C)c12. The van der Waals surface area contributed by atoms with Crippen molar-refractivity contribution in [2.24, 2.45) is 0 Å². The minimum atomic E-state index is 0.921. The summed E-state index contributed by atoms with van der Waals surface area (Å²) in [6.45, 7) is 5.27. The van der Waals surface area contributed by atoms with Gasteiger partial charge >= 0.3 is 0 Å². The van der Waals surface area contributed by atoms with Crippen molar-refractivity contribution in [1.82, 2.24) is 10.3 Å². The number of ether oxygens (including phenoxy) is 1. The average Bonchev–Trinajstić information content (AvgIpc) is 2.65. The fourth-order valence-corrected chi connectivity index (χ4v) is 2.38. The van der Waals surface area contributed by atoms with Crippen molar-refractivity contribution in [3.05, 3.63) is 29.0 Å². The second-order valence-electron chi connectivity index (χ2n) is 4.42. The lowest BCUT2D eigenvalue weighted by Gasteiger charge is -2.06. The van der Waals surface area contributed by atoms with Crippen molar-refractivity contribution >= 4 is 10.9 Å². The highest BCUT2D eigenvalue weighted by Gasteiger charge is 2.13. The molecule has 3 heteroatoms. The van der Waals surface area contributed by atoms with E-state index in [1.54, 1.807) is 7.11 Å². The third-order valence-electron chi connectivity index (χ3n) is 3.29. The van der Waals surface area contributed by atoms with Crippen LogP contribution in [0.3, 0.4) is 0 Å². The minimum Gasteiger partial charge on any atom is -0.495 e. The van der Waals surface area contributed by atoms with Gasteiger partial charge in [-0.15, -0.1) is 0 Å². The molecular weight excluding hydrogens is 212 g/mol. The second-order valence-corrected chi connectivity index (χ2v) is 4.42. The number of benzene rings is 1. The Labute approximate surface area is 102 Å². The molecule has 2 aromatic rings. The van der Waals surface area contributed by atoms with E-state index in [0.29, 0.717) is 0 Å². The van der Waals surface area contributed by atoms with Crippen LogP contribution in [-0.2, 0) is 6.42 Å². The topological polar surface area (TPSA) is 37.0 Å². The molecule has 0 radical (unpaired) electrons. The van der Waals surface area contributed by atoms with Crippen LogP contribution in [0.25, 0.3) is 10.9 Å². The summed E-state index contributed by atoms with van der Waals surface area (Å²) in [7, 11) is 3.70. The van der Waals surface area contributed by atoms with Crippen molar-refractivity contribution < 1.29 is 4.74 Å². The maximum absolute atomic E-state index is 5.41. The van der Waals surface area contributed by atoms with E-state index in [4.69, 9.17) is 4.74 Å². The zero-order valence-corrected chi connectivity index (χ0v) is 11.0. The molecular formula is C14H20N2O. The summed E-state index contributed by atoms with van der Waals surface area (Å²) in [5, 5.41) is 4.52. The number of hydrogen-bond acceptors (Lipinski definition) is 2. The van der Waals surface area contributed by atoms with E-state index < -0.39 is 0 Å². The van der Waals surface area contributed by atoms with Gasteiger partial charge in [0.1, 0.15) is 5.75 Å². The first-order chi connectivity index (χ1) is 8.19. The fourth-order valence-electron chi connectivity index (χ4n) is 2.38. The van der Waals surface area contributed by atoms with Crippen LogP contribution in [0.1, 0.15) is 16.8 Å². The Morgan fingerprint density at radius 2 is 2.06 bits per heavy atom. The number of aryl methyl sites for hydroxylation is 2. The van der Waals surface area contributed by atoms with Crippen LogP contribution >= 0.6 is 0 Å². The molecule has 0 aliphatic carbocycles. The normalized spacial score (nSPS) is 11.1. The number of methoxy groups -OCH3 is 1. The van der Waals surface area contributed by atoms with E-state index in [2.05, 4.69) is 30.2 Å². The molecule has 1 heterocycles. The maximum Gasteiger partial charge on any atom is 0.142 e. The van der Waals surface area contributed by atoms with Crippen LogP contribution in [0.5, 0.6) is 5.75 Å². The number of aromatic nitrogens is 1. The van der Waals surface area contributed by atoms with Gasteiger partial charge in [0.05, 0.1) is 12.6 Å². The smallest absolute Gasteiger partial charge is 0.142 e. The molecule has 2 rings (SSSR count). The number of rotatable bonds is 4. The number of H-pyrrole nitrogens is 1. The summed E-state index contributed by atoms with van der Waals surface area (Å²) in [6, 6.07) is 4.15. The monoisotopic (exact) mass is 232 g/mol. The summed E-state index contributed by atoms with van der Waals surface area (Å²) in [5.41, 5.74) is 5.06. The molecule has 0 spiro atoms. The molecule has 0 amide bonds. The molecule has 0 fully saturated rings. The van der Waals surface area contributed by atoms with Gasteiger partial charge in [-0.2, -0.15) is 0 Å². The first kappa shape index (κ1) is 12.0. The van der Waals surface area contributed by atoms with Gasteiger partial charge in [0.25, 0.3) is 0 Å². The zero-order chi connectivity index (χ0) is 12.4. The second kappa shape index (κ2) is 4.80. The Balaban J connectivity index is 2.63. The van der Waals surface area contributed by atoms with E-state index >= 15 is 0 Å². The Bertz CT molecular complexity index is 528. The van der Waals surface area contributed by atoms with Crippen molar-refractivity contribution in [2.45, 2.75) is 20.3 Å². The summed E-state index contributed by atoms with van der Waals surface area (Å²) in [4.78, 5) is 3.44. The number of nitrogens with one attached hydrogen (secondary N) is 2. The van der Waals surface area contributed by atoms with E-state index in [0.717, 1.165) is 24.2 Å². The van der Waals surface area contributed by atoms with Gasteiger partial charge < -0.3 is 15.0 Å². The molecule has 1 aromatic carbocycles. The largest absolute Gasteiger partial charge is 0.495 e. The van der Waals surface area contributed by atoms with E-state index in [1.165, 1.54) is 22.2 Å². The molecule has 0 aliphatic heterocycles. The van der Waals surface area contributed by atoms with Crippen LogP contribution in [0, 0.1) is 13.8 Å². The van der Waals surface area contributed by atoms with Crippen LogP contribution in [0.2, 0.25) is 0 Å². The van der Waals surface area contributed by atoms with Gasteiger partial charge in [-0.3, -0.25) is 0 Å². The predicted octanol–water partition coefficient (Wildman–Crippen LogP) is 2.56. The highest BCUT2D eigenvalue weighted by Crippen LogP contribution is 2.32. The fraction of sp³-hybridized carbons (Fsp3) is 0.429. The maximum atomic E-state index is 5.41. The third-order valence-corrected chi connectivity index (χ3v) is 3.29. The summed E-state index contributed by atoms with van der Waals surface area (Å²) in [6.07, 6.45) is 1.04. The number of fused-ring (bicyclic) bond motifs is 1. The highest BCUT2D eigenvalue weighted by molar-refractivity contribution is 5.92. The van der Waals surface area contributed by atoms with E-state index in [1.807, 2.05) is 13.1 Å². The van der Waals surface area contributed by atoms with Crippen LogP contribution in [0.15, 0.2) is 12.1 Å². The molecule has 0 saturated heterocycles. The lowest BCUT2D eigenvalue weighted by molar-refractivity contribution is 0.419. The van der Waals surface area contributed by atoms with E-state index in [-0.39, 0.29) is 0 Å². The quantitative estimate of drug-likeness (QED) is 0.850. The Kier molecular flexibility index (Phi) is 3.38. The molecule has 0 aliphatic rings. The molecule has 0 atom stereocenters. The summed E-state index contributed by atoms with van der Waals surface area (Å²) in [5.74, 6) is 0.921. The van der Waals surface area contributed by atoms with Crippen molar-refractivity contribution in [3.63, 3.8) is 0 Å². The average molecular weight is 232 g/mol. The van der Waals surface area contributed by atoms with E-state index in [9.17, 15) is 0 Å². The van der Waals surface area contributed by atoms with Gasteiger partial charge in [0.2, 0.25) is 0 Å². The molecule has 0 bridgehead atoms. The van der Waals surface area contributed by atoms with Crippen molar-refractivity contribution in [3.8, 4) is 5.75 Å². The van der Waals surface area contributed by atoms with Gasteiger partial charge in [-0.25, -0.2) is 0 Å². The first-order valence-electron chi connectivity index (χ1n) is 5.98. The molecule has 2 N–H and O–H groups in total. The molecule has 92 valence electrons. The summed E-state index contributed by atoms with van der Waals surface area (Å²) >= 11 is 0. The van der Waals surface area contributed by atoms with Crippen LogP contribution in [-0.4, -0.2) is 25.7 Å². The van der Waals surface area contributed by atoms with Crippen LogP contribution < -0.4 is 10.1 Å². The Morgan fingerprint density at radius 1 is 1.29 bits per heavy atom. The molecule has 3 nitrogen and oxygen atoms in total. The molecule has 1 aromatic heterocycles. The zero-order valence-electron chi connectivity index (χ0n) is 11.0. The van der Waals surface area contributed by atoms with Gasteiger partial charge in [-0.05, 0) is 51.1 Å². The Morgan fingerprint density at radius 3 is 2.71 bits per heavy atom. The minimum absolute atomic E-state index is 0.921. The van der Waals surface area contributed by atoms with Crippen molar-refractivity contribution in [2.75, 3.05) is 20.7 Å². The summed E-state index contributed by atoms with van der Waals surface area (Å²) < 4.78 is 5.41.